The molecule has 5 nitrogen and oxygen atoms in total. The summed E-state index contributed by atoms with van der Waals surface area (Å²) < 4.78 is 39.9. The van der Waals surface area contributed by atoms with Gasteiger partial charge in [0.2, 0.25) is 0 Å². The second-order valence-corrected chi connectivity index (χ2v) is 5.20. The van der Waals surface area contributed by atoms with E-state index < -0.39 is 6.36 Å². The third-order valence-electron chi connectivity index (χ3n) is 2.60. The van der Waals surface area contributed by atoms with E-state index in [0.717, 1.165) is 10.6 Å². The lowest BCUT2D eigenvalue weighted by atomic mass is 10.3. The lowest BCUT2D eigenvalue weighted by Gasteiger charge is -2.10. The number of hydrogen-bond donors (Lipinski definition) is 2. The fourth-order valence-electron chi connectivity index (χ4n) is 1.56. The zero-order chi connectivity index (χ0) is 16.2. The van der Waals surface area contributed by atoms with Crippen molar-refractivity contribution in [2.24, 2.45) is 10.7 Å². The van der Waals surface area contributed by atoms with Gasteiger partial charge in [-0.1, -0.05) is 0 Å². The summed E-state index contributed by atoms with van der Waals surface area (Å²) in [6.45, 7) is 2.27. The first kappa shape index (κ1) is 16.1. The first-order chi connectivity index (χ1) is 10.3. The monoisotopic (exact) mass is 330 g/mol. The summed E-state index contributed by atoms with van der Waals surface area (Å²) in [4.78, 5) is 9.25. The van der Waals surface area contributed by atoms with Crippen molar-refractivity contribution in [3.8, 4) is 5.75 Å². The summed E-state index contributed by atoms with van der Waals surface area (Å²) in [7, 11) is 0. The molecular formula is C13H13F3N4OS. The lowest BCUT2D eigenvalue weighted by molar-refractivity contribution is -0.274. The second kappa shape index (κ2) is 6.65. The van der Waals surface area contributed by atoms with Crippen molar-refractivity contribution >= 4 is 23.0 Å². The van der Waals surface area contributed by atoms with Crippen LogP contribution in [0.25, 0.3) is 0 Å². The first-order valence-corrected chi connectivity index (χ1v) is 7.03. The predicted octanol–water partition coefficient (Wildman–Crippen LogP) is 3.28. The molecule has 0 unspecified atom stereocenters. The number of halogens is 3. The van der Waals surface area contributed by atoms with E-state index in [1.54, 1.807) is 5.51 Å². The van der Waals surface area contributed by atoms with E-state index in [1.165, 1.54) is 35.6 Å². The summed E-state index contributed by atoms with van der Waals surface area (Å²) in [5.41, 5.74) is 8.86. The smallest absolute Gasteiger partial charge is 0.406 e. The molecule has 0 bridgehead atoms. The van der Waals surface area contributed by atoms with Crippen LogP contribution >= 0.6 is 11.3 Å². The number of aliphatic imine (C=N–C) groups is 1. The fraction of sp³-hybridized carbons (Fsp3) is 0.231. The zero-order valence-corrected chi connectivity index (χ0v) is 12.3. The predicted molar refractivity (Wildman–Crippen MR) is 78.9 cm³/mol. The number of nitrogens with zero attached hydrogens (tertiary/aromatic N) is 2. The van der Waals surface area contributed by atoms with Gasteiger partial charge in [-0.3, -0.25) is 0 Å². The number of nitrogens with one attached hydrogen (secondary N) is 1. The van der Waals surface area contributed by atoms with Crippen LogP contribution in [-0.4, -0.2) is 17.3 Å². The molecule has 0 fully saturated rings. The van der Waals surface area contributed by atoms with Crippen molar-refractivity contribution in [3.63, 3.8) is 0 Å². The van der Waals surface area contributed by atoms with Crippen molar-refractivity contribution in [3.05, 3.63) is 40.3 Å². The number of rotatable bonds is 4. The maximum Gasteiger partial charge on any atom is 0.573 e. The van der Waals surface area contributed by atoms with Crippen LogP contribution in [0.2, 0.25) is 0 Å². The Morgan fingerprint density at radius 3 is 2.59 bits per heavy atom. The van der Waals surface area contributed by atoms with Gasteiger partial charge >= 0.3 is 6.36 Å². The van der Waals surface area contributed by atoms with E-state index in [-0.39, 0.29) is 11.7 Å². The molecule has 0 atom stereocenters. The Bertz CT molecular complexity index is 652. The number of anilines is 1. The Kier molecular flexibility index (Phi) is 4.86. The van der Waals surface area contributed by atoms with E-state index >= 15 is 0 Å². The maximum atomic E-state index is 12.0. The summed E-state index contributed by atoms with van der Waals surface area (Å²) in [5, 5.41) is 2.79. The van der Waals surface area contributed by atoms with Crippen LogP contribution in [0.5, 0.6) is 5.75 Å². The Balaban J connectivity index is 1.94. The van der Waals surface area contributed by atoms with Crippen LogP contribution in [0.4, 0.5) is 18.9 Å². The molecule has 1 aromatic heterocycles. The number of guanidine groups is 1. The van der Waals surface area contributed by atoms with Crippen molar-refractivity contribution < 1.29 is 17.9 Å². The van der Waals surface area contributed by atoms with Gasteiger partial charge in [0, 0.05) is 10.6 Å². The number of aryl methyl sites for hydroxylation is 1. The zero-order valence-electron chi connectivity index (χ0n) is 11.5. The van der Waals surface area contributed by atoms with E-state index in [0.29, 0.717) is 12.2 Å². The third-order valence-corrected chi connectivity index (χ3v) is 3.52. The van der Waals surface area contributed by atoms with Gasteiger partial charge in [-0.05, 0) is 31.2 Å². The molecule has 0 radical (unpaired) electrons. The minimum atomic E-state index is -4.71. The third kappa shape index (κ3) is 4.92. The highest BCUT2D eigenvalue weighted by atomic mass is 32.1. The molecule has 1 heterocycles. The molecule has 118 valence electrons. The van der Waals surface area contributed by atoms with Crippen LogP contribution in [0, 0.1) is 6.92 Å². The van der Waals surface area contributed by atoms with Crippen LogP contribution in [0.3, 0.4) is 0 Å². The number of alkyl halides is 3. The minimum Gasteiger partial charge on any atom is -0.406 e. The maximum absolute atomic E-state index is 12.0. The van der Waals surface area contributed by atoms with Gasteiger partial charge in [0.25, 0.3) is 0 Å². The highest BCUT2D eigenvalue weighted by Gasteiger charge is 2.30. The van der Waals surface area contributed by atoms with Gasteiger partial charge in [-0.15, -0.1) is 24.5 Å². The Labute approximate surface area is 128 Å². The number of nitrogens with two attached hydrogens (primary N) is 1. The normalized spacial score (nSPS) is 12.3. The first-order valence-electron chi connectivity index (χ1n) is 6.15. The largest absolute Gasteiger partial charge is 0.573 e. The summed E-state index contributed by atoms with van der Waals surface area (Å²) in [5.74, 6) is -0.133. The molecule has 0 amide bonds. The minimum absolute atomic E-state index is 0.164. The fourth-order valence-corrected chi connectivity index (χ4v) is 2.26. The van der Waals surface area contributed by atoms with Crippen molar-refractivity contribution in [2.75, 3.05) is 5.32 Å². The topological polar surface area (TPSA) is 72.5 Å². The molecule has 2 aromatic rings. The molecule has 0 aliphatic rings. The summed E-state index contributed by atoms with van der Waals surface area (Å²) in [6, 6.07) is 5.22. The lowest BCUT2D eigenvalue weighted by Crippen LogP contribution is -2.22. The van der Waals surface area contributed by atoms with Crippen LogP contribution in [0.1, 0.15) is 10.6 Å². The highest BCUT2D eigenvalue weighted by Crippen LogP contribution is 2.23. The van der Waals surface area contributed by atoms with E-state index in [9.17, 15) is 13.2 Å². The van der Waals surface area contributed by atoms with E-state index in [2.05, 4.69) is 20.0 Å². The van der Waals surface area contributed by atoms with Crippen molar-refractivity contribution in [2.45, 2.75) is 19.8 Å². The average molecular weight is 330 g/mol. The summed E-state index contributed by atoms with van der Waals surface area (Å²) >= 11 is 1.48. The standard InChI is InChI=1S/C13H13F3N4OS/c1-8-11(22-7-19-8)6-18-12(17)20-9-2-4-10(5-3-9)21-13(14,15)16/h2-5,7H,6H2,1H3,(H3,17,18,20). The molecule has 0 aliphatic heterocycles. The van der Waals surface area contributed by atoms with Crippen molar-refractivity contribution in [1.82, 2.24) is 4.98 Å². The molecule has 0 spiro atoms. The number of hydrogen-bond acceptors (Lipinski definition) is 4. The van der Waals surface area contributed by atoms with E-state index in [4.69, 9.17) is 5.73 Å². The van der Waals surface area contributed by atoms with Crippen LogP contribution < -0.4 is 15.8 Å². The number of thiazole rings is 1. The molecule has 1 aromatic carbocycles. The van der Waals surface area contributed by atoms with Gasteiger partial charge in [-0.2, -0.15) is 0 Å². The van der Waals surface area contributed by atoms with E-state index in [1.807, 2.05) is 6.92 Å². The van der Waals surface area contributed by atoms with Gasteiger partial charge in [-0.25, -0.2) is 9.98 Å². The summed E-state index contributed by atoms with van der Waals surface area (Å²) in [6.07, 6.45) is -4.71. The average Bonchev–Trinajstić information content (AvgIpc) is 2.83. The van der Waals surface area contributed by atoms with Crippen molar-refractivity contribution in [1.29, 1.82) is 0 Å². The Morgan fingerprint density at radius 1 is 1.36 bits per heavy atom. The van der Waals surface area contributed by atoms with Crippen LogP contribution in [-0.2, 0) is 6.54 Å². The Morgan fingerprint density at radius 2 is 2.05 bits per heavy atom. The highest BCUT2D eigenvalue weighted by molar-refractivity contribution is 7.09. The Hall–Kier alpha value is -2.29. The molecule has 22 heavy (non-hydrogen) atoms. The van der Waals surface area contributed by atoms with Gasteiger partial charge in [0.1, 0.15) is 5.75 Å². The molecular weight excluding hydrogens is 317 g/mol. The molecule has 0 saturated carbocycles. The van der Waals surface area contributed by atoms with Gasteiger partial charge in [0.05, 0.1) is 17.7 Å². The number of ether oxygens (including phenoxy) is 1. The van der Waals surface area contributed by atoms with Gasteiger partial charge < -0.3 is 15.8 Å². The van der Waals surface area contributed by atoms with Gasteiger partial charge in [0.15, 0.2) is 5.96 Å². The molecule has 0 saturated heterocycles. The van der Waals surface area contributed by atoms with Crippen LogP contribution in [0.15, 0.2) is 34.8 Å². The second-order valence-electron chi connectivity index (χ2n) is 4.26. The molecule has 0 aliphatic carbocycles. The molecule has 3 N–H and O–H groups in total. The number of aromatic nitrogens is 1. The quantitative estimate of drug-likeness (QED) is 0.666. The molecule has 2 rings (SSSR count). The SMILES string of the molecule is Cc1ncsc1CN=C(N)Nc1ccc(OC(F)(F)F)cc1. The molecule has 9 heteroatoms. The number of benzene rings is 1.